The third-order valence-electron chi connectivity index (χ3n) is 10.1. The second kappa shape index (κ2) is 19.3. The zero-order valence-electron chi connectivity index (χ0n) is 30.7. The second-order valence-electron chi connectivity index (χ2n) is 14.1. The highest BCUT2D eigenvalue weighted by atomic mass is 19.3. The molecular weight excluding hydrogens is 724 g/mol. The van der Waals surface area contributed by atoms with E-state index in [-0.39, 0.29) is 25.5 Å². The topological polar surface area (TPSA) is 206 Å². The lowest BCUT2D eigenvalue weighted by atomic mass is 10.1. The Morgan fingerprint density at radius 1 is 0.891 bits per heavy atom. The molecule has 0 saturated carbocycles. The number of carboxylic acid groups (broad SMARTS) is 2. The Bertz CT molecular complexity index is 1680. The molecule has 300 valence electrons. The van der Waals surface area contributed by atoms with E-state index in [4.69, 9.17) is 4.74 Å². The fourth-order valence-electron chi connectivity index (χ4n) is 7.10. The van der Waals surface area contributed by atoms with Crippen molar-refractivity contribution in [1.29, 1.82) is 5.26 Å². The number of carboxylic acids is 2. The van der Waals surface area contributed by atoms with Crippen LogP contribution in [0.3, 0.4) is 0 Å². The summed E-state index contributed by atoms with van der Waals surface area (Å²) in [6, 6.07) is 7.36. The zero-order chi connectivity index (χ0) is 39.5. The number of aliphatic carboxylic acids is 2. The van der Waals surface area contributed by atoms with Gasteiger partial charge in [0.05, 0.1) is 50.9 Å². The van der Waals surface area contributed by atoms with Gasteiger partial charge in [-0.1, -0.05) is 0 Å². The predicted molar refractivity (Wildman–Crippen MR) is 193 cm³/mol. The Hall–Kier alpha value is -4.58. The van der Waals surface area contributed by atoms with E-state index in [1.54, 1.807) is 40.1 Å². The number of fused-ring (bicyclic) bond motifs is 1. The average molecular weight is 774 g/mol. The molecular formula is C36H49F2N9O8. The smallest absolute Gasteiger partial charge is 0.317 e. The molecule has 5 rings (SSSR count). The molecule has 1 unspecified atom stereocenters. The lowest BCUT2D eigenvalue weighted by Gasteiger charge is -2.36. The number of hydrogen-bond acceptors (Lipinski definition) is 13. The fraction of sp³-hybridized carbons (Fsp3) is 0.611. The van der Waals surface area contributed by atoms with Gasteiger partial charge in [0.2, 0.25) is 11.8 Å². The fourth-order valence-corrected chi connectivity index (χ4v) is 7.10. The van der Waals surface area contributed by atoms with Gasteiger partial charge in [-0.15, -0.1) is 0 Å². The van der Waals surface area contributed by atoms with Crippen molar-refractivity contribution >= 4 is 34.7 Å². The number of amides is 2. The largest absolute Gasteiger partial charge is 0.494 e. The number of nitrogens with zero attached hydrogens (tertiary/aromatic N) is 8. The lowest BCUT2D eigenvalue weighted by Crippen LogP contribution is -2.52. The van der Waals surface area contributed by atoms with Crippen LogP contribution in [0.2, 0.25) is 0 Å². The van der Waals surface area contributed by atoms with Crippen molar-refractivity contribution in [3.8, 4) is 11.8 Å². The van der Waals surface area contributed by atoms with Gasteiger partial charge in [0.25, 0.3) is 5.92 Å². The normalized spacial score (nSPS) is 21.0. The number of halogens is 2. The molecule has 2 amide bonds. The minimum absolute atomic E-state index is 0.0160. The van der Waals surface area contributed by atoms with Crippen LogP contribution >= 0.6 is 0 Å². The standard InChI is InChI=1S/C36H49F2N9O8/c37-36(38)19-26(20-39)47(25-36)31(48)21-41-35(54)28-4-5-40-30-3-2-27(18-29(28)30)55-17-1-6-42-13-15-46(16-14-42)32(49)22-43-7-9-44(23-33(50)51)11-12-45(10-8-43)24-34(52)53/h2-5,18,26,35,41,54H,1,6-17,19,21-25H2,(H,50,51)(H,52,53)/t26-,35?/m0/s1. The lowest BCUT2D eigenvalue weighted by molar-refractivity contribution is -0.140. The molecule has 19 heteroatoms. The van der Waals surface area contributed by atoms with Crippen molar-refractivity contribution < 1.29 is 48.0 Å². The first kappa shape index (κ1) is 41.6. The van der Waals surface area contributed by atoms with E-state index in [1.165, 1.54) is 6.20 Å². The Morgan fingerprint density at radius 3 is 2.09 bits per heavy atom. The van der Waals surface area contributed by atoms with Gasteiger partial charge in [-0.3, -0.25) is 49.1 Å². The van der Waals surface area contributed by atoms with E-state index >= 15 is 0 Å². The van der Waals surface area contributed by atoms with Gasteiger partial charge in [-0.25, -0.2) is 8.78 Å². The molecule has 4 N–H and O–H groups in total. The molecule has 0 aliphatic carbocycles. The molecule has 3 saturated heterocycles. The number of alkyl halides is 2. The van der Waals surface area contributed by atoms with Crippen LogP contribution in [0.15, 0.2) is 30.5 Å². The molecule has 1 aromatic carbocycles. The van der Waals surface area contributed by atoms with E-state index in [9.17, 15) is 48.5 Å². The summed E-state index contributed by atoms with van der Waals surface area (Å²) in [7, 11) is 0. The molecule has 1 aromatic heterocycles. The molecule has 0 radical (unpaired) electrons. The minimum Gasteiger partial charge on any atom is -0.494 e. The van der Waals surface area contributed by atoms with Gasteiger partial charge in [0.1, 0.15) is 18.0 Å². The molecule has 55 heavy (non-hydrogen) atoms. The number of likely N-dealkylation sites (tertiary alicyclic amines) is 1. The van der Waals surface area contributed by atoms with Gasteiger partial charge in [0, 0.05) is 95.6 Å². The molecule has 3 aliphatic heterocycles. The number of aliphatic hydroxyl groups is 1. The maximum absolute atomic E-state index is 13.8. The number of ether oxygens (including phenoxy) is 1. The van der Waals surface area contributed by atoms with Crippen LogP contribution in [0.1, 0.15) is 24.6 Å². The molecule has 0 bridgehead atoms. The van der Waals surface area contributed by atoms with Gasteiger partial charge < -0.3 is 29.9 Å². The first-order chi connectivity index (χ1) is 26.3. The third kappa shape index (κ3) is 12.2. The van der Waals surface area contributed by atoms with Gasteiger partial charge >= 0.3 is 11.9 Å². The number of benzene rings is 1. The van der Waals surface area contributed by atoms with Crippen LogP contribution in [0.4, 0.5) is 8.78 Å². The number of nitriles is 1. The van der Waals surface area contributed by atoms with Crippen LogP contribution in [-0.4, -0.2) is 197 Å². The zero-order valence-corrected chi connectivity index (χ0v) is 30.7. The van der Waals surface area contributed by atoms with Gasteiger partial charge in [-0.2, -0.15) is 5.26 Å². The number of nitrogens with one attached hydrogen (secondary N) is 1. The summed E-state index contributed by atoms with van der Waals surface area (Å²) in [5, 5.41) is 41.9. The monoisotopic (exact) mass is 773 g/mol. The summed E-state index contributed by atoms with van der Waals surface area (Å²) >= 11 is 0. The van der Waals surface area contributed by atoms with Crippen molar-refractivity contribution in [2.75, 3.05) is 111 Å². The number of carbonyl (C=O) groups is 4. The van der Waals surface area contributed by atoms with Crippen LogP contribution < -0.4 is 10.1 Å². The number of aromatic nitrogens is 1. The number of pyridine rings is 1. The maximum Gasteiger partial charge on any atom is 0.317 e. The van der Waals surface area contributed by atoms with E-state index in [0.717, 1.165) is 11.4 Å². The van der Waals surface area contributed by atoms with E-state index in [2.05, 4.69) is 15.2 Å². The first-order valence-corrected chi connectivity index (χ1v) is 18.4. The molecule has 4 heterocycles. The van der Waals surface area contributed by atoms with Gasteiger partial charge in [0.15, 0.2) is 0 Å². The van der Waals surface area contributed by atoms with Crippen LogP contribution in [0.25, 0.3) is 10.9 Å². The van der Waals surface area contributed by atoms with E-state index < -0.39 is 55.5 Å². The molecule has 17 nitrogen and oxygen atoms in total. The van der Waals surface area contributed by atoms with Crippen LogP contribution in [0, 0.1) is 11.3 Å². The highest BCUT2D eigenvalue weighted by Gasteiger charge is 2.47. The first-order valence-electron chi connectivity index (χ1n) is 18.4. The molecule has 2 atom stereocenters. The third-order valence-corrected chi connectivity index (χ3v) is 10.1. The predicted octanol–water partition coefficient (Wildman–Crippen LogP) is -0.423. The Balaban J connectivity index is 1.05. The maximum atomic E-state index is 13.8. The molecule has 3 aliphatic rings. The average Bonchev–Trinajstić information content (AvgIpc) is 3.52. The van der Waals surface area contributed by atoms with Crippen molar-refractivity contribution in [2.45, 2.75) is 31.0 Å². The summed E-state index contributed by atoms with van der Waals surface area (Å²) in [6.07, 6.45) is 0.189. The second-order valence-corrected chi connectivity index (χ2v) is 14.1. The molecule has 0 spiro atoms. The van der Waals surface area contributed by atoms with Crippen molar-refractivity contribution in [2.24, 2.45) is 0 Å². The Labute approximate surface area is 317 Å². The highest BCUT2D eigenvalue weighted by Crippen LogP contribution is 2.32. The SMILES string of the molecule is N#C[C@@H]1CC(F)(F)CN1C(=O)CNC(O)c1ccnc2ccc(OCCCN3CCN(C(=O)CN4CCN(CC(=O)O)CCN(CC(=O)O)CC4)CC3)cc12. The van der Waals surface area contributed by atoms with Crippen LogP contribution in [-0.2, 0) is 19.2 Å². The minimum atomic E-state index is -3.13. The van der Waals surface area contributed by atoms with Crippen molar-refractivity contribution in [1.82, 2.24) is 39.7 Å². The molecule has 2 aromatic rings. The quantitative estimate of drug-likeness (QED) is 0.134. The summed E-state index contributed by atoms with van der Waals surface area (Å²) in [5.41, 5.74) is 0.997. The summed E-state index contributed by atoms with van der Waals surface area (Å²) < 4.78 is 33.6. The van der Waals surface area contributed by atoms with Crippen LogP contribution in [0.5, 0.6) is 5.75 Å². The molecule has 3 fully saturated rings. The number of rotatable bonds is 15. The van der Waals surface area contributed by atoms with E-state index in [1.807, 2.05) is 9.80 Å². The summed E-state index contributed by atoms with van der Waals surface area (Å²) in [5.74, 6) is -5.22. The van der Waals surface area contributed by atoms with Crippen molar-refractivity contribution in [3.63, 3.8) is 0 Å². The van der Waals surface area contributed by atoms with E-state index in [0.29, 0.717) is 101 Å². The number of carbonyl (C=O) groups excluding carboxylic acids is 2. The highest BCUT2D eigenvalue weighted by molar-refractivity contribution is 5.84. The number of piperazine rings is 1. The number of hydrogen-bond donors (Lipinski definition) is 4. The Morgan fingerprint density at radius 2 is 1.49 bits per heavy atom. The van der Waals surface area contributed by atoms with Gasteiger partial charge in [-0.05, 0) is 30.7 Å². The summed E-state index contributed by atoms with van der Waals surface area (Å²) in [4.78, 5) is 63.3. The Kier molecular flexibility index (Phi) is 14.6. The summed E-state index contributed by atoms with van der Waals surface area (Å²) in [6.45, 7) is 5.07. The van der Waals surface area contributed by atoms with Crippen molar-refractivity contribution in [3.05, 3.63) is 36.0 Å². The number of aliphatic hydroxyl groups excluding tert-OH is 1.